The fourth-order valence-electron chi connectivity index (χ4n) is 2.35. The van der Waals surface area contributed by atoms with Crippen LogP contribution in [0.15, 0.2) is 18.2 Å². The molecule has 1 aliphatic carbocycles. The molecule has 0 amide bonds. The molecule has 1 aliphatic rings. The summed E-state index contributed by atoms with van der Waals surface area (Å²) in [5.74, 6) is -2.74. The lowest BCUT2D eigenvalue weighted by molar-refractivity contribution is -0.0893. The molecule has 1 aromatic carbocycles. The highest BCUT2D eigenvalue weighted by atomic mass is 19.3. The minimum atomic E-state index is -2.74. The van der Waals surface area contributed by atoms with Gasteiger partial charge < -0.3 is 9.76 Å². The molecule has 0 aromatic heterocycles. The van der Waals surface area contributed by atoms with E-state index < -0.39 is 17.1 Å². The molecule has 0 radical (unpaired) electrons. The Morgan fingerprint density at radius 1 is 1.24 bits per heavy atom. The van der Waals surface area contributed by atoms with Crippen LogP contribution < -0.4 is 5.46 Å². The van der Waals surface area contributed by atoms with Gasteiger partial charge in [0.1, 0.15) is 0 Å². The highest BCUT2D eigenvalue weighted by Crippen LogP contribution is 2.39. The summed E-state index contributed by atoms with van der Waals surface area (Å²) < 4.78 is 33.7. The third-order valence-electron chi connectivity index (χ3n) is 4.58. The van der Waals surface area contributed by atoms with Gasteiger partial charge in [0, 0.05) is 12.0 Å². The molecule has 116 valence electrons. The van der Waals surface area contributed by atoms with E-state index in [0.29, 0.717) is 18.3 Å². The van der Waals surface area contributed by atoms with E-state index in [1.54, 1.807) is 39.8 Å². The van der Waals surface area contributed by atoms with E-state index in [-0.39, 0.29) is 19.5 Å². The maximum atomic E-state index is 14.0. The average Bonchev–Trinajstić information content (AvgIpc) is 2.35. The molecule has 0 unspecified atom stereocenters. The highest BCUT2D eigenvalue weighted by Gasteiger charge is 2.38. The van der Waals surface area contributed by atoms with Crippen molar-refractivity contribution in [3.05, 3.63) is 29.3 Å². The van der Waals surface area contributed by atoms with Gasteiger partial charge in [-0.25, -0.2) is 8.78 Å². The van der Waals surface area contributed by atoms with Gasteiger partial charge in [-0.1, -0.05) is 23.7 Å². The first-order valence-electron chi connectivity index (χ1n) is 7.39. The van der Waals surface area contributed by atoms with E-state index in [0.717, 1.165) is 5.56 Å². The van der Waals surface area contributed by atoms with Crippen molar-refractivity contribution < 1.29 is 18.5 Å². The highest BCUT2D eigenvalue weighted by molar-refractivity contribution is 6.47. The number of aryl methyl sites for hydroxylation is 1. The molecule has 5 heteroatoms. The van der Waals surface area contributed by atoms with Crippen molar-refractivity contribution in [1.82, 2.24) is 0 Å². The van der Waals surface area contributed by atoms with E-state index in [2.05, 4.69) is 0 Å². The lowest BCUT2D eigenvalue weighted by atomic mass is 9.79. The molecule has 0 fully saturated rings. The lowest BCUT2D eigenvalue weighted by Gasteiger charge is -2.37. The molecule has 2 rings (SSSR count). The van der Waals surface area contributed by atoms with Crippen LogP contribution in [0.5, 0.6) is 0 Å². The smallest absolute Gasteiger partial charge is 0.309 e. The number of halogens is 2. The van der Waals surface area contributed by atoms with Gasteiger partial charge in [-0.3, -0.25) is 0 Å². The Labute approximate surface area is 125 Å². The summed E-state index contributed by atoms with van der Waals surface area (Å²) in [6.07, 6.45) is 1.16. The second-order valence-corrected chi connectivity index (χ2v) is 6.91. The van der Waals surface area contributed by atoms with Gasteiger partial charge in [0.05, 0.1) is 11.2 Å². The van der Waals surface area contributed by atoms with Crippen molar-refractivity contribution in [2.24, 2.45) is 0 Å². The van der Waals surface area contributed by atoms with Gasteiger partial charge in [0.15, 0.2) is 0 Å². The van der Waals surface area contributed by atoms with Gasteiger partial charge in [-0.15, -0.1) is 0 Å². The summed E-state index contributed by atoms with van der Waals surface area (Å²) in [5, 5.41) is 10.1. The predicted molar refractivity (Wildman–Crippen MR) is 81.5 cm³/mol. The van der Waals surface area contributed by atoms with Gasteiger partial charge in [0.25, 0.3) is 5.92 Å². The average molecular weight is 296 g/mol. The molecule has 0 aliphatic heterocycles. The first-order chi connectivity index (χ1) is 9.53. The molecule has 0 atom stereocenters. The maximum Gasteiger partial charge on any atom is 0.309 e. The quantitative estimate of drug-likeness (QED) is 0.866. The van der Waals surface area contributed by atoms with E-state index >= 15 is 0 Å². The zero-order valence-corrected chi connectivity index (χ0v) is 13.2. The van der Waals surface area contributed by atoms with Crippen LogP contribution in [0, 0.1) is 0 Å². The third-order valence-corrected chi connectivity index (χ3v) is 4.58. The summed E-state index contributed by atoms with van der Waals surface area (Å²) in [7, 11) is 0.209. The Bertz CT molecular complexity index is 521. The maximum absolute atomic E-state index is 14.0. The molecule has 21 heavy (non-hydrogen) atoms. The number of hydrogen-bond acceptors (Lipinski definition) is 2. The van der Waals surface area contributed by atoms with Crippen LogP contribution in [0.3, 0.4) is 0 Å². The minimum absolute atomic E-state index is 0.0839. The topological polar surface area (TPSA) is 29.5 Å². The van der Waals surface area contributed by atoms with E-state index in [1.807, 2.05) is 6.07 Å². The van der Waals surface area contributed by atoms with Crippen molar-refractivity contribution in [2.45, 2.75) is 64.1 Å². The summed E-state index contributed by atoms with van der Waals surface area (Å²) in [6, 6.07) is 5.16. The van der Waals surface area contributed by atoms with Crippen LogP contribution in [0.1, 0.15) is 51.7 Å². The summed E-state index contributed by atoms with van der Waals surface area (Å²) in [4.78, 5) is 0. The molecule has 0 heterocycles. The van der Waals surface area contributed by atoms with Gasteiger partial charge in [-0.2, -0.15) is 0 Å². The van der Waals surface area contributed by atoms with Gasteiger partial charge in [-0.05, 0) is 46.1 Å². The van der Waals surface area contributed by atoms with Gasteiger partial charge >= 0.3 is 7.48 Å². The second-order valence-electron chi connectivity index (χ2n) is 6.91. The SMILES string of the molecule is CC(C)(O)C(C)(C)OBc1ccc2c(c1)C(F)(F)CCC2. The van der Waals surface area contributed by atoms with Crippen LogP contribution in [0.4, 0.5) is 8.78 Å². The molecule has 2 nitrogen and oxygen atoms in total. The van der Waals surface area contributed by atoms with Crippen molar-refractivity contribution in [1.29, 1.82) is 0 Å². The Morgan fingerprint density at radius 3 is 2.52 bits per heavy atom. The fraction of sp³-hybridized carbons (Fsp3) is 0.625. The number of alkyl halides is 2. The van der Waals surface area contributed by atoms with Crippen LogP contribution in [0.2, 0.25) is 0 Å². The second kappa shape index (κ2) is 5.36. The summed E-state index contributed by atoms with van der Waals surface area (Å²) in [6.45, 7) is 6.93. The Hall–Kier alpha value is -0.935. The number of aliphatic hydroxyl groups is 1. The summed E-state index contributed by atoms with van der Waals surface area (Å²) >= 11 is 0. The largest absolute Gasteiger partial charge is 0.427 e. The Kier molecular flexibility index (Phi) is 4.20. The Balaban J connectivity index is 2.16. The van der Waals surface area contributed by atoms with Crippen molar-refractivity contribution in [3.63, 3.8) is 0 Å². The standard InChI is InChI=1S/C16H23BF2O2/c1-14(2,20)15(3,4)21-17-12-8-7-11-6-5-9-16(18,19)13(11)10-12/h7-8,10,17,20H,5-6,9H2,1-4H3. The lowest BCUT2D eigenvalue weighted by Crippen LogP contribution is -2.49. The van der Waals surface area contributed by atoms with E-state index in [4.69, 9.17) is 4.65 Å². The van der Waals surface area contributed by atoms with Crippen LogP contribution >= 0.6 is 0 Å². The minimum Gasteiger partial charge on any atom is -0.427 e. The Morgan fingerprint density at radius 2 is 1.90 bits per heavy atom. The van der Waals surface area contributed by atoms with Crippen LogP contribution in [0.25, 0.3) is 0 Å². The number of benzene rings is 1. The van der Waals surface area contributed by atoms with E-state index in [9.17, 15) is 13.9 Å². The van der Waals surface area contributed by atoms with Gasteiger partial charge in [0.2, 0.25) is 0 Å². The van der Waals surface area contributed by atoms with Crippen LogP contribution in [-0.4, -0.2) is 23.8 Å². The molecular weight excluding hydrogens is 273 g/mol. The molecule has 1 N–H and O–H groups in total. The monoisotopic (exact) mass is 296 g/mol. The van der Waals surface area contributed by atoms with Crippen LogP contribution in [-0.2, 0) is 17.0 Å². The first kappa shape index (κ1) is 16.4. The molecule has 0 saturated heterocycles. The molecular formula is C16H23BF2O2. The normalized spacial score (nSPS) is 18.2. The van der Waals surface area contributed by atoms with E-state index in [1.165, 1.54) is 0 Å². The summed E-state index contributed by atoms with van der Waals surface area (Å²) in [5.41, 5.74) is -0.184. The first-order valence-corrected chi connectivity index (χ1v) is 7.39. The fourth-order valence-corrected chi connectivity index (χ4v) is 2.35. The van der Waals surface area contributed by atoms with Crippen molar-refractivity contribution in [2.75, 3.05) is 0 Å². The predicted octanol–water partition coefficient (Wildman–Crippen LogP) is 2.66. The zero-order chi connectivity index (χ0) is 15.9. The third kappa shape index (κ3) is 3.46. The molecule has 0 bridgehead atoms. The number of rotatable bonds is 4. The molecule has 0 spiro atoms. The molecule has 1 aromatic rings. The number of fused-ring (bicyclic) bond motifs is 1. The van der Waals surface area contributed by atoms with Crippen molar-refractivity contribution >= 4 is 12.9 Å². The number of hydrogen-bond donors (Lipinski definition) is 1. The zero-order valence-electron chi connectivity index (χ0n) is 13.2. The van der Waals surface area contributed by atoms with Crippen molar-refractivity contribution in [3.8, 4) is 0 Å². The molecule has 0 saturated carbocycles.